The lowest BCUT2D eigenvalue weighted by molar-refractivity contribution is 0.356. The second-order valence-electron chi connectivity index (χ2n) is 5.50. The monoisotopic (exact) mass is 246 g/mol. The highest BCUT2D eigenvalue weighted by atomic mass is 16.5. The Kier molecular flexibility index (Phi) is 2.69. The first kappa shape index (κ1) is 11.4. The van der Waals surface area contributed by atoms with Gasteiger partial charge in [-0.2, -0.15) is 4.98 Å². The fraction of sp³-hybridized carbons (Fsp3) is 0.615. The molecule has 0 N–H and O–H groups in total. The summed E-state index contributed by atoms with van der Waals surface area (Å²) in [5.41, 5.74) is 1.45. The van der Waals surface area contributed by atoms with Crippen LogP contribution in [-0.4, -0.2) is 28.2 Å². The van der Waals surface area contributed by atoms with Gasteiger partial charge < -0.3 is 9.42 Å². The van der Waals surface area contributed by atoms with Crippen molar-refractivity contribution in [3.05, 3.63) is 12.0 Å². The summed E-state index contributed by atoms with van der Waals surface area (Å²) >= 11 is 0. The first-order chi connectivity index (χ1) is 8.65. The highest BCUT2D eigenvalue weighted by molar-refractivity contribution is 5.87. The third-order valence-corrected chi connectivity index (χ3v) is 3.59. The van der Waals surface area contributed by atoms with Crippen molar-refractivity contribution in [2.45, 2.75) is 27.2 Å². The van der Waals surface area contributed by atoms with E-state index in [1.807, 2.05) is 6.92 Å². The molecule has 18 heavy (non-hydrogen) atoms. The molecule has 5 nitrogen and oxygen atoms in total. The smallest absolute Gasteiger partial charge is 0.263 e. The zero-order valence-corrected chi connectivity index (χ0v) is 11.1. The van der Waals surface area contributed by atoms with Crippen molar-refractivity contribution in [1.29, 1.82) is 0 Å². The third kappa shape index (κ3) is 1.83. The number of nitrogens with zero attached hydrogens (tertiary/aromatic N) is 4. The van der Waals surface area contributed by atoms with Crippen molar-refractivity contribution in [3.8, 4) is 0 Å². The molecule has 0 bridgehead atoms. The number of hydrogen-bond acceptors (Lipinski definition) is 5. The van der Waals surface area contributed by atoms with Gasteiger partial charge in [-0.15, -0.1) is 0 Å². The molecule has 0 aromatic carbocycles. The molecule has 96 valence electrons. The fourth-order valence-electron chi connectivity index (χ4n) is 2.98. The van der Waals surface area contributed by atoms with Crippen molar-refractivity contribution < 1.29 is 4.52 Å². The van der Waals surface area contributed by atoms with Crippen LogP contribution in [0.2, 0.25) is 0 Å². The van der Waals surface area contributed by atoms with Crippen molar-refractivity contribution in [3.63, 3.8) is 0 Å². The number of fused-ring (bicyclic) bond motifs is 1. The summed E-state index contributed by atoms with van der Waals surface area (Å²) in [5.74, 6) is 2.36. The summed E-state index contributed by atoms with van der Waals surface area (Å²) in [6, 6.07) is 0. The summed E-state index contributed by atoms with van der Waals surface area (Å²) < 4.78 is 5.21. The number of anilines is 1. The third-order valence-electron chi connectivity index (χ3n) is 3.59. The van der Waals surface area contributed by atoms with Gasteiger partial charge in [-0.05, 0) is 25.2 Å². The van der Waals surface area contributed by atoms with Crippen LogP contribution in [0.4, 0.5) is 5.82 Å². The lowest BCUT2D eigenvalue weighted by Gasteiger charge is -2.35. The van der Waals surface area contributed by atoms with Gasteiger partial charge in [0.25, 0.3) is 5.71 Å². The van der Waals surface area contributed by atoms with E-state index in [2.05, 4.69) is 33.9 Å². The molecule has 0 spiro atoms. The van der Waals surface area contributed by atoms with Crippen LogP contribution in [0, 0.1) is 18.8 Å². The van der Waals surface area contributed by atoms with Crippen LogP contribution >= 0.6 is 0 Å². The molecule has 0 unspecified atom stereocenters. The van der Waals surface area contributed by atoms with Gasteiger partial charge in [-0.3, -0.25) is 0 Å². The van der Waals surface area contributed by atoms with E-state index in [-0.39, 0.29) is 0 Å². The number of hydrogen-bond donors (Lipinski definition) is 0. The largest absolute Gasteiger partial charge is 0.355 e. The van der Waals surface area contributed by atoms with Crippen LogP contribution in [0.15, 0.2) is 10.9 Å². The molecule has 1 aliphatic heterocycles. The van der Waals surface area contributed by atoms with Crippen molar-refractivity contribution >= 4 is 16.9 Å². The second kappa shape index (κ2) is 4.23. The zero-order chi connectivity index (χ0) is 12.7. The normalized spacial score (nSPS) is 24.7. The summed E-state index contributed by atoms with van der Waals surface area (Å²) in [4.78, 5) is 10.9. The maximum atomic E-state index is 5.21. The Balaban J connectivity index is 2.05. The number of aryl methyl sites for hydroxylation is 1. The van der Waals surface area contributed by atoms with E-state index in [1.165, 1.54) is 6.42 Å². The Morgan fingerprint density at radius 1 is 1.22 bits per heavy atom. The highest BCUT2D eigenvalue weighted by Gasteiger charge is 2.25. The molecule has 2 atom stereocenters. The minimum atomic E-state index is 0.586. The summed E-state index contributed by atoms with van der Waals surface area (Å²) in [7, 11) is 0. The quantitative estimate of drug-likeness (QED) is 0.773. The molecule has 3 heterocycles. The zero-order valence-electron chi connectivity index (χ0n) is 11.1. The Labute approximate surface area is 106 Å². The van der Waals surface area contributed by atoms with E-state index in [1.54, 1.807) is 6.33 Å². The standard InChI is InChI=1S/C13H18N4O/c1-8-4-9(2)6-17(5-8)12-11-10(3)16-18-13(11)15-7-14-12/h7-9H,4-6H2,1-3H3/t8-,9-/m0/s1. The van der Waals surface area contributed by atoms with Crippen molar-refractivity contribution in [2.75, 3.05) is 18.0 Å². The Hall–Kier alpha value is -1.65. The van der Waals surface area contributed by atoms with Crippen LogP contribution in [0.1, 0.15) is 26.0 Å². The summed E-state index contributed by atoms with van der Waals surface area (Å²) in [5, 5.41) is 4.94. The Bertz CT molecular complexity index is 555. The van der Waals surface area contributed by atoms with Gasteiger partial charge >= 0.3 is 0 Å². The van der Waals surface area contributed by atoms with Gasteiger partial charge in [0.15, 0.2) is 0 Å². The van der Waals surface area contributed by atoms with E-state index < -0.39 is 0 Å². The average Bonchev–Trinajstić information content (AvgIpc) is 2.70. The van der Waals surface area contributed by atoms with Gasteiger partial charge in [0.05, 0.1) is 5.69 Å². The first-order valence-electron chi connectivity index (χ1n) is 6.47. The topological polar surface area (TPSA) is 55.1 Å². The molecule has 3 rings (SSSR count). The molecule has 5 heteroatoms. The van der Waals surface area contributed by atoms with Crippen molar-refractivity contribution in [1.82, 2.24) is 15.1 Å². The van der Waals surface area contributed by atoms with Gasteiger partial charge in [0.2, 0.25) is 0 Å². The van der Waals surface area contributed by atoms with E-state index in [4.69, 9.17) is 4.52 Å². The predicted molar refractivity (Wildman–Crippen MR) is 69.5 cm³/mol. The maximum absolute atomic E-state index is 5.21. The fourth-order valence-corrected chi connectivity index (χ4v) is 2.98. The maximum Gasteiger partial charge on any atom is 0.263 e. The average molecular weight is 246 g/mol. The SMILES string of the molecule is Cc1noc2ncnc(N3C[C@@H](C)C[C@H](C)C3)c12. The number of piperidine rings is 1. The minimum Gasteiger partial charge on any atom is -0.355 e. The summed E-state index contributed by atoms with van der Waals surface area (Å²) in [6.45, 7) is 8.61. The van der Waals surface area contributed by atoms with E-state index in [0.717, 1.165) is 30.0 Å². The number of rotatable bonds is 1. The van der Waals surface area contributed by atoms with Gasteiger partial charge in [0.1, 0.15) is 17.5 Å². The van der Waals surface area contributed by atoms with Crippen LogP contribution in [0.3, 0.4) is 0 Å². The number of aromatic nitrogens is 3. The van der Waals surface area contributed by atoms with Gasteiger partial charge in [-0.1, -0.05) is 19.0 Å². The molecular formula is C13H18N4O. The van der Waals surface area contributed by atoms with E-state index in [9.17, 15) is 0 Å². The predicted octanol–water partition coefficient (Wildman–Crippen LogP) is 2.41. The molecule has 0 saturated carbocycles. The molecule has 0 aliphatic carbocycles. The molecule has 1 fully saturated rings. The lowest BCUT2D eigenvalue weighted by atomic mass is 9.92. The molecule has 2 aromatic rings. The minimum absolute atomic E-state index is 0.586. The molecule has 1 aliphatic rings. The van der Waals surface area contributed by atoms with Crippen molar-refractivity contribution in [2.24, 2.45) is 11.8 Å². The lowest BCUT2D eigenvalue weighted by Crippen LogP contribution is -2.39. The summed E-state index contributed by atoms with van der Waals surface area (Å²) in [6.07, 6.45) is 2.85. The van der Waals surface area contributed by atoms with Crippen LogP contribution in [0.25, 0.3) is 11.1 Å². The first-order valence-corrected chi connectivity index (χ1v) is 6.47. The Morgan fingerprint density at radius 3 is 2.67 bits per heavy atom. The molecule has 0 amide bonds. The van der Waals surface area contributed by atoms with Gasteiger partial charge in [0, 0.05) is 13.1 Å². The van der Waals surface area contributed by atoms with Crippen LogP contribution < -0.4 is 4.90 Å². The van der Waals surface area contributed by atoms with Crippen LogP contribution in [0.5, 0.6) is 0 Å². The second-order valence-corrected chi connectivity index (χ2v) is 5.50. The highest BCUT2D eigenvalue weighted by Crippen LogP contribution is 2.30. The molecule has 0 radical (unpaired) electrons. The van der Waals surface area contributed by atoms with E-state index >= 15 is 0 Å². The van der Waals surface area contributed by atoms with Crippen LogP contribution in [-0.2, 0) is 0 Å². The molecule has 1 saturated heterocycles. The Morgan fingerprint density at radius 2 is 1.94 bits per heavy atom. The van der Waals surface area contributed by atoms with Gasteiger partial charge in [-0.25, -0.2) is 4.98 Å². The van der Waals surface area contributed by atoms with E-state index in [0.29, 0.717) is 17.5 Å². The molecular weight excluding hydrogens is 228 g/mol. The molecule has 2 aromatic heterocycles.